The Bertz CT molecular complexity index is 1450. The lowest BCUT2D eigenvalue weighted by Gasteiger charge is -2.24. The molecule has 1 atom stereocenters. The number of thiazole rings is 1. The molecule has 0 aliphatic carbocycles. The third-order valence-electron chi connectivity index (χ3n) is 5.93. The number of halogens is 1. The van der Waals surface area contributed by atoms with E-state index in [1.54, 1.807) is 23.9 Å². The molecule has 9 heteroatoms. The molecule has 0 unspecified atom stereocenters. The number of fused-ring (bicyclic) bond motifs is 1. The Hall–Kier alpha value is -2.81. The summed E-state index contributed by atoms with van der Waals surface area (Å²) >= 11 is 9.41. The van der Waals surface area contributed by atoms with Crippen LogP contribution in [0.3, 0.4) is 0 Å². The number of thioether (sulfide) groups is 1. The molecule has 1 aliphatic heterocycles. The Morgan fingerprint density at radius 2 is 2.03 bits per heavy atom. The van der Waals surface area contributed by atoms with E-state index in [4.69, 9.17) is 16.0 Å². The summed E-state index contributed by atoms with van der Waals surface area (Å²) in [4.78, 5) is 34.0. The average Bonchev–Trinajstić information content (AvgIpc) is 3.54. The second-order valence-electron chi connectivity index (χ2n) is 8.64. The van der Waals surface area contributed by atoms with Crippen molar-refractivity contribution in [3.63, 3.8) is 0 Å². The maximum atomic E-state index is 13.6. The van der Waals surface area contributed by atoms with Gasteiger partial charge in [-0.3, -0.25) is 9.59 Å². The fourth-order valence-corrected chi connectivity index (χ4v) is 6.61. The average molecular weight is 526 g/mol. The summed E-state index contributed by atoms with van der Waals surface area (Å²) in [6.07, 6.45) is 0. The number of furan rings is 1. The van der Waals surface area contributed by atoms with Gasteiger partial charge in [-0.05, 0) is 38.5 Å². The molecule has 4 aromatic rings. The predicted octanol–water partition coefficient (Wildman–Crippen LogP) is 6.08. The standard InChI is InChI=1S/C26H24ClN3O3S2/c1-14-5-4-6-17(7-14)24-23(29-16(3)35-24)26(32)30-13-34-12-19(30)11-28-25(31)21-9-18(27)10-22-20(21)8-15(2)33-22/h4-10,19H,11-13H2,1-3H3,(H,28,31)/t19-/m1/s1. The van der Waals surface area contributed by atoms with E-state index in [0.29, 0.717) is 40.0 Å². The molecule has 35 heavy (non-hydrogen) atoms. The van der Waals surface area contributed by atoms with E-state index in [9.17, 15) is 9.59 Å². The minimum Gasteiger partial charge on any atom is -0.461 e. The van der Waals surface area contributed by atoms with Crippen molar-refractivity contribution in [2.24, 2.45) is 0 Å². The van der Waals surface area contributed by atoms with Gasteiger partial charge in [-0.1, -0.05) is 41.4 Å². The molecule has 2 aromatic carbocycles. The summed E-state index contributed by atoms with van der Waals surface area (Å²) in [5, 5.41) is 5.01. The molecule has 0 bridgehead atoms. The normalized spacial score (nSPS) is 15.7. The first kappa shape index (κ1) is 23.9. The number of carbonyl (C=O) groups is 2. The summed E-state index contributed by atoms with van der Waals surface area (Å²) in [5.74, 6) is 1.66. The molecule has 1 saturated heterocycles. The van der Waals surface area contributed by atoms with Crippen LogP contribution < -0.4 is 5.32 Å². The summed E-state index contributed by atoms with van der Waals surface area (Å²) < 4.78 is 5.65. The second kappa shape index (κ2) is 9.68. The molecule has 1 aliphatic rings. The topological polar surface area (TPSA) is 75.4 Å². The van der Waals surface area contributed by atoms with Crippen LogP contribution in [0.5, 0.6) is 0 Å². The zero-order valence-electron chi connectivity index (χ0n) is 19.6. The van der Waals surface area contributed by atoms with Crippen molar-refractivity contribution < 1.29 is 14.0 Å². The number of aromatic nitrogens is 1. The lowest BCUT2D eigenvalue weighted by molar-refractivity contribution is 0.0732. The lowest BCUT2D eigenvalue weighted by Crippen LogP contribution is -2.44. The molecular formula is C26H24ClN3O3S2. The maximum Gasteiger partial charge on any atom is 0.275 e. The minimum atomic E-state index is -0.243. The molecule has 5 rings (SSSR count). The highest BCUT2D eigenvalue weighted by Gasteiger charge is 2.33. The number of amides is 2. The number of nitrogens with one attached hydrogen (secondary N) is 1. The van der Waals surface area contributed by atoms with Crippen molar-refractivity contribution in [3.8, 4) is 10.4 Å². The van der Waals surface area contributed by atoms with Crippen LogP contribution in [0.1, 0.15) is 37.2 Å². The first-order chi connectivity index (χ1) is 16.8. The van der Waals surface area contributed by atoms with E-state index < -0.39 is 0 Å². The van der Waals surface area contributed by atoms with Gasteiger partial charge in [0.1, 0.15) is 17.0 Å². The quantitative estimate of drug-likeness (QED) is 0.342. The van der Waals surface area contributed by atoms with Gasteiger partial charge in [0.2, 0.25) is 0 Å². The van der Waals surface area contributed by atoms with Crippen molar-refractivity contribution in [2.75, 3.05) is 18.2 Å². The molecule has 2 aromatic heterocycles. The number of nitrogens with zero attached hydrogens (tertiary/aromatic N) is 2. The largest absolute Gasteiger partial charge is 0.461 e. The molecule has 1 N–H and O–H groups in total. The van der Waals surface area contributed by atoms with Gasteiger partial charge in [-0.15, -0.1) is 23.1 Å². The van der Waals surface area contributed by atoms with Gasteiger partial charge in [0.15, 0.2) is 0 Å². The zero-order valence-corrected chi connectivity index (χ0v) is 21.9. The number of aryl methyl sites for hydroxylation is 3. The number of carbonyl (C=O) groups excluding carboxylic acids is 2. The smallest absolute Gasteiger partial charge is 0.275 e. The summed E-state index contributed by atoms with van der Waals surface area (Å²) in [6, 6.07) is 13.2. The summed E-state index contributed by atoms with van der Waals surface area (Å²) in [7, 11) is 0. The summed E-state index contributed by atoms with van der Waals surface area (Å²) in [6.45, 7) is 6.12. The van der Waals surface area contributed by atoms with Crippen LogP contribution in [0.4, 0.5) is 0 Å². The predicted molar refractivity (Wildman–Crippen MR) is 143 cm³/mol. The number of benzene rings is 2. The van der Waals surface area contributed by atoms with Gasteiger partial charge in [0.05, 0.1) is 27.4 Å². The van der Waals surface area contributed by atoms with Crippen molar-refractivity contribution in [2.45, 2.75) is 26.8 Å². The Kier molecular flexibility index (Phi) is 6.61. The molecule has 3 heterocycles. The van der Waals surface area contributed by atoms with Gasteiger partial charge in [-0.2, -0.15) is 0 Å². The van der Waals surface area contributed by atoms with Gasteiger partial charge in [0.25, 0.3) is 11.8 Å². The van der Waals surface area contributed by atoms with Crippen LogP contribution in [0, 0.1) is 20.8 Å². The highest BCUT2D eigenvalue weighted by molar-refractivity contribution is 7.99. The van der Waals surface area contributed by atoms with Crippen molar-refractivity contribution in [1.29, 1.82) is 0 Å². The van der Waals surface area contributed by atoms with Crippen LogP contribution in [-0.4, -0.2) is 45.9 Å². The molecule has 6 nitrogen and oxygen atoms in total. The third-order valence-corrected chi connectivity index (χ3v) is 8.25. The van der Waals surface area contributed by atoms with Gasteiger partial charge in [-0.25, -0.2) is 4.98 Å². The first-order valence-electron chi connectivity index (χ1n) is 11.2. The summed E-state index contributed by atoms with van der Waals surface area (Å²) in [5.41, 5.74) is 3.64. The molecule has 1 fully saturated rings. The van der Waals surface area contributed by atoms with Crippen LogP contribution in [0.15, 0.2) is 46.9 Å². The maximum absolute atomic E-state index is 13.6. The van der Waals surface area contributed by atoms with Crippen LogP contribution >= 0.6 is 34.7 Å². The Morgan fingerprint density at radius 1 is 1.20 bits per heavy atom. The Balaban J connectivity index is 1.35. The van der Waals surface area contributed by atoms with E-state index >= 15 is 0 Å². The van der Waals surface area contributed by atoms with E-state index in [2.05, 4.69) is 16.4 Å². The van der Waals surface area contributed by atoms with Gasteiger partial charge >= 0.3 is 0 Å². The van der Waals surface area contributed by atoms with Crippen molar-refractivity contribution in [1.82, 2.24) is 15.2 Å². The van der Waals surface area contributed by atoms with E-state index in [0.717, 1.165) is 32.2 Å². The number of hydrogen-bond donors (Lipinski definition) is 1. The zero-order chi connectivity index (χ0) is 24.7. The lowest BCUT2D eigenvalue weighted by atomic mass is 10.1. The molecular weight excluding hydrogens is 502 g/mol. The van der Waals surface area contributed by atoms with Crippen LogP contribution in [-0.2, 0) is 0 Å². The fourth-order valence-electron chi connectivity index (χ4n) is 4.29. The van der Waals surface area contributed by atoms with Crippen LogP contribution in [0.25, 0.3) is 21.4 Å². The number of rotatable bonds is 5. The second-order valence-corrected chi connectivity index (χ2v) is 11.3. The third kappa shape index (κ3) is 4.83. The molecule has 2 amide bonds. The van der Waals surface area contributed by atoms with Gasteiger partial charge < -0.3 is 14.6 Å². The monoisotopic (exact) mass is 525 g/mol. The molecule has 0 saturated carbocycles. The fraction of sp³-hybridized carbons (Fsp3) is 0.269. The van der Waals surface area contributed by atoms with E-state index in [-0.39, 0.29) is 17.9 Å². The highest BCUT2D eigenvalue weighted by Crippen LogP contribution is 2.33. The minimum absolute atomic E-state index is 0.106. The number of hydrogen-bond acceptors (Lipinski definition) is 6. The SMILES string of the molecule is Cc1cccc(-c2sc(C)nc2C(=O)N2CSC[C@H]2CNC(=O)c2cc(Cl)cc3oc(C)cc23)c1. The Morgan fingerprint density at radius 3 is 2.83 bits per heavy atom. The van der Waals surface area contributed by atoms with Crippen molar-refractivity contribution >= 4 is 57.5 Å². The van der Waals surface area contributed by atoms with E-state index in [1.807, 2.05) is 49.9 Å². The molecule has 180 valence electrons. The highest BCUT2D eigenvalue weighted by atomic mass is 35.5. The van der Waals surface area contributed by atoms with Crippen LogP contribution in [0.2, 0.25) is 5.02 Å². The van der Waals surface area contributed by atoms with Gasteiger partial charge in [0, 0.05) is 28.8 Å². The molecule has 0 radical (unpaired) electrons. The Labute approximate surface area is 216 Å². The first-order valence-corrected chi connectivity index (χ1v) is 13.6. The van der Waals surface area contributed by atoms with E-state index in [1.165, 1.54) is 11.3 Å². The molecule has 0 spiro atoms. The van der Waals surface area contributed by atoms with Crippen molar-refractivity contribution in [3.05, 3.63) is 75.1 Å².